The summed E-state index contributed by atoms with van der Waals surface area (Å²) < 4.78 is 5.38. The minimum atomic E-state index is -0.130. The highest BCUT2D eigenvalue weighted by atomic mass is 35.5. The van der Waals surface area contributed by atoms with Gasteiger partial charge in [0.05, 0.1) is 20.9 Å². The van der Waals surface area contributed by atoms with E-state index in [4.69, 9.17) is 23.2 Å². The lowest BCUT2D eigenvalue weighted by Crippen LogP contribution is -2.58. The summed E-state index contributed by atoms with van der Waals surface area (Å²) in [5.41, 5.74) is 1.64. The first-order valence-corrected chi connectivity index (χ1v) is 11.1. The van der Waals surface area contributed by atoms with Crippen molar-refractivity contribution in [2.24, 2.45) is 0 Å². The lowest BCUT2D eigenvalue weighted by molar-refractivity contribution is 0.0815. The lowest BCUT2D eigenvalue weighted by atomic mass is 10.0. The summed E-state index contributed by atoms with van der Waals surface area (Å²) in [6.45, 7) is 4.59. The monoisotopic (exact) mass is 448 g/mol. The Balaban J connectivity index is 1.38. The Morgan fingerprint density at radius 2 is 2.14 bits per heavy atom. The molecular formula is C21H22Cl2N4OS. The van der Waals surface area contributed by atoms with Gasteiger partial charge in [-0.1, -0.05) is 47.5 Å². The molecule has 3 aromatic rings. The summed E-state index contributed by atoms with van der Waals surface area (Å²) in [6.07, 6.45) is 0.770. The Bertz CT molecular complexity index is 1020. The first-order chi connectivity index (χ1) is 14.0. The summed E-state index contributed by atoms with van der Waals surface area (Å²) in [5.74, 6) is -0.130. The quantitative estimate of drug-likeness (QED) is 0.613. The number of carbonyl (C=O) groups is 1. The van der Waals surface area contributed by atoms with E-state index in [0.29, 0.717) is 15.7 Å². The number of benzene rings is 2. The van der Waals surface area contributed by atoms with Crippen molar-refractivity contribution >= 4 is 50.7 Å². The van der Waals surface area contributed by atoms with Gasteiger partial charge in [-0.05, 0) is 48.6 Å². The van der Waals surface area contributed by atoms with Crippen LogP contribution in [0.5, 0.6) is 0 Å². The van der Waals surface area contributed by atoms with Crippen molar-refractivity contribution in [2.45, 2.75) is 25.6 Å². The average Bonchev–Trinajstić information content (AvgIpc) is 3.15. The Hall–Kier alpha value is -1.70. The van der Waals surface area contributed by atoms with Crippen LogP contribution in [0, 0.1) is 0 Å². The van der Waals surface area contributed by atoms with Crippen LogP contribution in [-0.4, -0.2) is 47.0 Å². The molecule has 1 fully saturated rings. The summed E-state index contributed by atoms with van der Waals surface area (Å²) in [6, 6.07) is 13.9. The number of halogens is 2. The Morgan fingerprint density at radius 3 is 2.97 bits per heavy atom. The first-order valence-electron chi connectivity index (χ1n) is 9.58. The van der Waals surface area contributed by atoms with Crippen molar-refractivity contribution in [3.05, 3.63) is 63.8 Å². The van der Waals surface area contributed by atoms with Gasteiger partial charge in [-0.3, -0.25) is 9.69 Å². The van der Waals surface area contributed by atoms with E-state index >= 15 is 0 Å². The minimum Gasteiger partial charge on any atom is -0.335 e. The molecule has 0 spiro atoms. The largest absolute Gasteiger partial charge is 0.335 e. The summed E-state index contributed by atoms with van der Waals surface area (Å²) in [4.78, 5) is 15.1. The molecule has 0 radical (unpaired) electrons. The number of fused-ring (bicyclic) bond motifs is 1. The highest BCUT2D eigenvalue weighted by Crippen LogP contribution is 2.24. The zero-order valence-corrected chi connectivity index (χ0v) is 18.3. The molecule has 29 heavy (non-hydrogen) atoms. The normalized spacial score (nSPS) is 18.7. The number of nitrogens with one attached hydrogen (secondary N) is 2. The topological polar surface area (TPSA) is 57.3 Å². The van der Waals surface area contributed by atoms with Crippen LogP contribution in [-0.2, 0) is 6.42 Å². The predicted molar refractivity (Wildman–Crippen MR) is 120 cm³/mol. The van der Waals surface area contributed by atoms with Gasteiger partial charge in [0.1, 0.15) is 5.69 Å². The number of nitrogens with zero attached hydrogens (tertiary/aromatic N) is 2. The number of rotatable bonds is 5. The molecule has 0 bridgehead atoms. The molecule has 8 heteroatoms. The number of carbonyl (C=O) groups excluding carboxylic acids is 1. The van der Waals surface area contributed by atoms with Crippen LogP contribution in [0.2, 0.25) is 10.0 Å². The van der Waals surface area contributed by atoms with Gasteiger partial charge in [0.2, 0.25) is 0 Å². The van der Waals surface area contributed by atoms with Gasteiger partial charge in [-0.25, -0.2) is 0 Å². The molecule has 2 heterocycles. The SMILES string of the molecule is CC(NC(=O)c1nsc2ccccc12)N1CCNC(Cc2ccc(Cl)c(Cl)c2)C1. The second-order valence-electron chi connectivity index (χ2n) is 7.28. The Morgan fingerprint density at radius 1 is 1.31 bits per heavy atom. The van der Waals surface area contributed by atoms with Gasteiger partial charge in [-0.2, -0.15) is 4.37 Å². The van der Waals surface area contributed by atoms with E-state index in [2.05, 4.69) is 19.9 Å². The van der Waals surface area contributed by atoms with Gasteiger partial charge >= 0.3 is 0 Å². The van der Waals surface area contributed by atoms with E-state index in [0.717, 1.165) is 41.7 Å². The first kappa shape index (κ1) is 20.6. The van der Waals surface area contributed by atoms with E-state index < -0.39 is 0 Å². The van der Waals surface area contributed by atoms with Crippen molar-refractivity contribution < 1.29 is 4.79 Å². The maximum Gasteiger partial charge on any atom is 0.272 e. The van der Waals surface area contributed by atoms with E-state index in [1.54, 1.807) is 0 Å². The molecule has 2 unspecified atom stereocenters. The molecule has 152 valence electrons. The molecule has 2 aromatic carbocycles. The van der Waals surface area contributed by atoms with Gasteiger partial charge in [0.15, 0.2) is 0 Å². The molecular weight excluding hydrogens is 427 g/mol. The minimum absolute atomic E-state index is 0.0821. The smallest absolute Gasteiger partial charge is 0.272 e. The van der Waals surface area contributed by atoms with Gasteiger partial charge in [-0.15, -0.1) is 0 Å². The average molecular weight is 449 g/mol. The van der Waals surface area contributed by atoms with Gasteiger partial charge in [0.25, 0.3) is 5.91 Å². The third-order valence-electron chi connectivity index (χ3n) is 5.23. The van der Waals surface area contributed by atoms with E-state index in [-0.39, 0.29) is 18.1 Å². The van der Waals surface area contributed by atoms with Gasteiger partial charge in [0, 0.05) is 31.1 Å². The molecule has 5 nitrogen and oxygen atoms in total. The van der Waals surface area contributed by atoms with Crippen molar-refractivity contribution in [1.82, 2.24) is 19.9 Å². The van der Waals surface area contributed by atoms with Crippen LogP contribution in [0.3, 0.4) is 0 Å². The third-order valence-corrected chi connectivity index (χ3v) is 6.80. The highest BCUT2D eigenvalue weighted by Gasteiger charge is 2.25. The number of aromatic nitrogens is 1. The second-order valence-corrected chi connectivity index (χ2v) is 8.89. The van der Waals surface area contributed by atoms with Crippen molar-refractivity contribution in [1.29, 1.82) is 0 Å². The van der Waals surface area contributed by atoms with Crippen LogP contribution in [0.25, 0.3) is 10.1 Å². The molecule has 1 aliphatic rings. The molecule has 1 amide bonds. The second kappa shape index (κ2) is 8.98. The number of piperazine rings is 1. The van der Waals surface area contributed by atoms with Crippen molar-refractivity contribution in [2.75, 3.05) is 19.6 Å². The molecule has 1 saturated heterocycles. The fourth-order valence-electron chi connectivity index (χ4n) is 3.69. The lowest BCUT2D eigenvalue weighted by Gasteiger charge is -2.37. The van der Waals surface area contributed by atoms with E-state index in [1.165, 1.54) is 11.5 Å². The molecule has 2 atom stereocenters. The third kappa shape index (κ3) is 4.73. The fourth-order valence-corrected chi connectivity index (χ4v) is 4.78. The van der Waals surface area contributed by atoms with Crippen molar-refractivity contribution in [3.63, 3.8) is 0 Å². The van der Waals surface area contributed by atoms with Crippen LogP contribution in [0.15, 0.2) is 42.5 Å². The van der Waals surface area contributed by atoms with Gasteiger partial charge < -0.3 is 10.6 Å². The fraction of sp³-hybridized carbons (Fsp3) is 0.333. The molecule has 1 aromatic heterocycles. The zero-order chi connectivity index (χ0) is 20.4. The van der Waals surface area contributed by atoms with E-state index in [1.807, 2.05) is 49.4 Å². The van der Waals surface area contributed by atoms with E-state index in [9.17, 15) is 4.79 Å². The Labute approximate surface area is 184 Å². The molecule has 1 aliphatic heterocycles. The molecule has 2 N–H and O–H groups in total. The maximum absolute atomic E-state index is 12.8. The maximum atomic E-state index is 12.8. The molecule has 0 saturated carbocycles. The standard InChI is InChI=1S/C21H22Cl2N4OS/c1-13(25-21(28)20-16-4-2-3-5-19(16)29-26-20)27-9-8-24-15(12-27)10-14-6-7-17(22)18(23)11-14/h2-7,11,13,15,24H,8-10,12H2,1H3,(H,25,28). The Kier molecular flexibility index (Phi) is 6.37. The predicted octanol–water partition coefficient (Wildman–Crippen LogP) is 4.20. The molecule has 0 aliphatic carbocycles. The van der Waals surface area contributed by atoms with Crippen LogP contribution in [0.4, 0.5) is 0 Å². The van der Waals surface area contributed by atoms with Crippen molar-refractivity contribution in [3.8, 4) is 0 Å². The molecule has 4 rings (SSSR count). The number of amides is 1. The number of hydrogen-bond donors (Lipinski definition) is 2. The van der Waals surface area contributed by atoms with Crippen LogP contribution < -0.4 is 10.6 Å². The number of hydrogen-bond acceptors (Lipinski definition) is 5. The summed E-state index contributed by atoms with van der Waals surface area (Å²) in [5, 5.41) is 8.71. The van der Waals surface area contributed by atoms with Crippen LogP contribution in [0.1, 0.15) is 23.0 Å². The van der Waals surface area contributed by atoms with Crippen LogP contribution >= 0.6 is 34.7 Å². The highest BCUT2D eigenvalue weighted by molar-refractivity contribution is 7.13. The summed E-state index contributed by atoms with van der Waals surface area (Å²) >= 11 is 13.5. The zero-order valence-electron chi connectivity index (χ0n) is 16.0. The summed E-state index contributed by atoms with van der Waals surface area (Å²) in [7, 11) is 0.